The van der Waals surface area contributed by atoms with Gasteiger partial charge < -0.3 is 30.1 Å². The number of nitrogens with one attached hydrogen (secondary N) is 1. The second-order valence-electron chi connectivity index (χ2n) is 5.76. The van der Waals surface area contributed by atoms with Crippen molar-refractivity contribution in [1.29, 1.82) is 0 Å². The highest BCUT2D eigenvalue weighted by Crippen LogP contribution is 2.43. The summed E-state index contributed by atoms with van der Waals surface area (Å²) in [5.74, 6) is 0. The molecule has 1 fully saturated rings. The normalized spacial score (nSPS) is 27.6. The molecule has 0 unspecified atom stereocenters. The number of rotatable bonds is 8. The molecule has 1 aromatic rings. The lowest BCUT2D eigenvalue weighted by molar-refractivity contribution is -0.0872. The van der Waals surface area contributed by atoms with Crippen LogP contribution in [0.15, 0.2) is 21.9 Å². The molecule has 0 bridgehead atoms. The first-order chi connectivity index (χ1) is 12.2. The van der Waals surface area contributed by atoms with Crippen LogP contribution in [0, 0.1) is 0 Å². The van der Waals surface area contributed by atoms with E-state index in [1.807, 2.05) is 0 Å². The van der Waals surface area contributed by atoms with Gasteiger partial charge in [0.15, 0.2) is 6.23 Å². The number of hydrogen-bond acceptors (Lipinski definition) is 8. The third-order valence-electron chi connectivity index (χ3n) is 3.98. The van der Waals surface area contributed by atoms with Crippen molar-refractivity contribution in [1.82, 2.24) is 9.55 Å². The van der Waals surface area contributed by atoms with E-state index in [2.05, 4.69) is 4.98 Å². The Kier molecular flexibility index (Phi) is 6.88. The van der Waals surface area contributed by atoms with Crippen LogP contribution in [0.4, 0.5) is 0 Å². The summed E-state index contributed by atoms with van der Waals surface area (Å²) in [6.07, 6.45) is -4.26. The molecule has 1 aromatic heterocycles. The molecule has 0 radical (unpaired) electrons. The number of aliphatic hydroxyl groups is 1. The molecular weight excluding hydrogens is 373 g/mol. The molecule has 0 amide bonds. The summed E-state index contributed by atoms with van der Waals surface area (Å²) < 4.78 is 27.8. The fraction of sp³-hybridized carbons (Fsp3) is 0.692. The highest BCUT2D eigenvalue weighted by molar-refractivity contribution is 7.46. The molecule has 1 aliphatic rings. The van der Waals surface area contributed by atoms with E-state index in [1.165, 1.54) is 13.3 Å². The van der Waals surface area contributed by atoms with Gasteiger partial charge in [-0.25, -0.2) is 9.36 Å². The third-order valence-corrected chi connectivity index (χ3v) is 4.53. The van der Waals surface area contributed by atoms with E-state index in [9.17, 15) is 19.3 Å². The predicted octanol–water partition coefficient (Wildman–Crippen LogP) is -1.97. The number of aromatic amines is 1. The standard InChI is InChI=1S/C13H22N3O9P/c1-23-11-9(18)10(7(3-2-5-14)25-26(20,21)22)24-12(11)16-6-4-8(17)15-13(16)19/h4,6-7,9-12,18H,2-3,5,14H2,1H3,(H,15,17,19)(H2,20,21,22)/t7-,9+,10+,11+,12+/m0/s1. The molecule has 5 atom stereocenters. The molecule has 0 spiro atoms. The van der Waals surface area contributed by atoms with E-state index in [-0.39, 0.29) is 13.0 Å². The van der Waals surface area contributed by atoms with Crippen LogP contribution in [0.25, 0.3) is 0 Å². The van der Waals surface area contributed by atoms with Crippen molar-refractivity contribution in [2.45, 2.75) is 43.5 Å². The molecule has 12 nitrogen and oxygen atoms in total. The van der Waals surface area contributed by atoms with E-state index < -0.39 is 49.7 Å². The number of methoxy groups -OCH3 is 1. The number of phosphoric ester groups is 1. The summed E-state index contributed by atoms with van der Waals surface area (Å²) in [5.41, 5.74) is 4.03. The maximum absolute atomic E-state index is 12.0. The Morgan fingerprint density at radius 2 is 2.15 bits per heavy atom. The molecule has 6 N–H and O–H groups in total. The van der Waals surface area contributed by atoms with Gasteiger partial charge in [-0.15, -0.1) is 0 Å². The largest absolute Gasteiger partial charge is 0.469 e. The minimum Gasteiger partial charge on any atom is -0.387 e. The topological polar surface area (TPSA) is 186 Å². The molecule has 0 aliphatic carbocycles. The first kappa shape index (κ1) is 20.9. The van der Waals surface area contributed by atoms with Crippen LogP contribution in [0.3, 0.4) is 0 Å². The van der Waals surface area contributed by atoms with Crippen molar-refractivity contribution in [2.24, 2.45) is 5.73 Å². The van der Waals surface area contributed by atoms with Gasteiger partial charge in [0.2, 0.25) is 0 Å². The summed E-state index contributed by atoms with van der Waals surface area (Å²) in [7, 11) is -3.59. The second-order valence-corrected chi connectivity index (χ2v) is 6.96. The zero-order valence-electron chi connectivity index (χ0n) is 13.9. The molecule has 1 aliphatic heterocycles. The van der Waals surface area contributed by atoms with Crippen LogP contribution >= 0.6 is 7.82 Å². The fourth-order valence-electron chi connectivity index (χ4n) is 2.86. The van der Waals surface area contributed by atoms with E-state index in [1.54, 1.807) is 0 Å². The Bertz CT molecular complexity index is 760. The minimum absolute atomic E-state index is 0.104. The van der Waals surface area contributed by atoms with Crippen LogP contribution in [0.1, 0.15) is 19.1 Å². The Hall–Kier alpha value is -1.37. The van der Waals surface area contributed by atoms with Gasteiger partial charge in [0.05, 0.1) is 6.10 Å². The number of hydrogen-bond donors (Lipinski definition) is 5. The average Bonchev–Trinajstić information content (AvgIpc) is 2.86. The smallest absolute Gasteiger partial charge is 0.387 e. The van der Waals surface area contributed by atoms with Crippen LogP contribution < -0.4 is 17.0 Å². The van der Waals surface area contributed by atoms with Gasteiger partial charge in [0, 0.05) is 19.4 Å². The van der Waals surface area contributed by atoms with Crippen molar-refractivity contribution in [3.8, 4) is 0 Å². The van der Waals surface area contributed by atoms with Crippen molar-refractivity contribution < 1.29 is 33.5 Å². The molecule has 148 valence electrons. The lowest BCUT2D eigenvalue weighted by atomic mass is 10.0. The Labute approximate surface area is 147 Å². The number of phosphoric acid groups is 1. The van der Waals surface area contributed by atoms with Crippen molar-refractivity contribution >= 4 is 7.82 Å². The second kappa shape index (κ2) is 8.55. The maximum Gasteiger partial charge on any atom is 0.469 e. The zero-order chi connectivity index (χ0) is 19.5. The Morgan fingerprint density at radius 1 is 1.46 bits per heavy atom. The van der Waals surface area contributed by atoms with E-state index in [0.29, 0.717) is 6.42 Å². The number of aromatic nitrogens is 2. The first-order valence-electron chi connectivity index (χ1n) is 7.79. The van der Waals surface area contributed by atoms with Crippen LogP contribution in [0.2, 0.25) is 0 Å². The van der Waals surface area contributed by atoms with Gasteiger partial charge in [0.25, 0.3) is 5.56 Å². The third kappa shape index (κ3) is 4.87. The maximum atomic E-state index is 12.0. The SMILES string of the molecule is CO[C@@H]1[C@H](O)[C@@H]([C@H](CCCN)OP(=O)(O)O)O[C@H]1n1ccc(=O)[nH]c1=O. The van der Waals surface area contributed by atoms with Gasteiger partial charge in [0.1, 0.15) is 18.3 Å². The lowest BCUT2D eigenvalue weighted by Gasteiger charge is -2.26. The summed E-state index contributed by atoms with van der Waals surface area (Å²) in [6, 6.07) is 1.09. The highest BCUT2D eigenvalue weighted by atomic mass is 31.2. The Balaban J connectivity index is 2.33. The van der Waals surface area contributed by atoms with Gasteiger partial charge in [-0.2, -0.15) is 0 Å². The molecule has 1 saturated heterocycles. The summed E-state index contributed by atoms with van der Waals surface area (Å²) in [5, 5.41) is 10.5. The minimum atomic E-state index is -4.87. The predicted molar refractivity (Wildman–Crippen MR) is 87.2 cm³/mol. The fourth-order valence-corrected chi connectivity index (χ4v) is 3.44. The number of ether oxygens (including phenoxy) is 2. The molecular formula is C13H22N3O9P. The summed E-state index contributed by atoms with van der Waals surface area (Å²) in [6.45, 7) is 0.236. The molecule has 2 heterocycles. The van der Waals surface area contributed by atoms with Gasteiger partial charge >= 0.3 is 13.5 Å². The van der Waals surface area contributed by atoms with Gasteiger partial charge in [-0.3, -0.25) is 18.9 Å². The highest BCUT2D eigenvalue weighted by Gasteiger charge is 2.50. The van der Waals surface area contributed by atoms with Crippen LogP contribution in [-0.4, -0.2) is 62.5 Å². The Morgan fingerprint density at radius 3 is 2.69 bits per heavy atom. The van der Waals surface area contributed by atoms with Gasteiger partial charge in [-0.05, 0) is 19.4 Å². The lowest BCUT2D eigenvalue weighted by Crippen LogP contribution is -2.41. The number of nitrogens with zero attached hydrogens (tertiary/aromatic N) is 1. The zero-order valence-corrected chi connectivity index (χ0v) is 14.8. The number of H-pyrrole nitrogens is 1. The molecule has 26 heavy (non-hydrogen) atoms. The van der Waals surface area contributed by atoms with Crippen molar-refractivity contribution in [2.75, 3.05) is 13.7 Å². The van der Waals surface area contributed by atoms with E-state index >= 15 is 0 Å². The van der Waals surface area contributed by atoms with Crippen LogP contribution in [0.5, 0.6) is 0 Å². The number of aliphatic hydroxyl groups excluding tert-OH is 1. The molecule has 0 aromatic carbocycles. The summed E-state index contributed by atoms with van der Waals surface area (Å²) in [4.78, 5) is 43.5. The summed E-state index contributed by atoms with van der Waals surface area (Å²) >= 11 is 0. The van der Waals surface area contributed by atoms with Gasteiger partial charge in [-0.1, -0.05) is 0 Å². The number of nitrogens with two attached hydrogens (primary N) is 1. The van der Waals surface area contributed by atoms with Crippen LogP contribution in [-0.2, 0) is 18.6 Å². The van der Waals surface area contributed by atoms with Crippen molar-refractivity contribution in [3.05, 3.63) is 33.1 Å². The molecule has 0 saturated carbocycles. The monoisotopic (exact) mass is 395 g/mol. The first-order valence-corrected chi connectivity index (χ1v) is 9.32. The quantitative estimate of drug-likeness (QED) is 0.309. The average molecular weight is 395 g/mol. The molecule has 13 heteroatoms. The van der Waals surface area contributed by atoms with Crippen molar-refractivity contribution in [3.63, 3.8) is 0 Å². The van der Waals surface area contributed by atoms with E-state index in [4.69, 9.17) is 29.5 Å². The molecule has 2 rings (SSSR count). The van der Waals surface area contributed by atoms with E-state index in [0.717, 1.165) is 10.6 Å².